The molecule has 0 aromatic heterocycles. The zero-order chi connectivity index (χ0) is 25.5. The number of carbonyl (C=O) groups excluding carboxylic acids is 2. The molecular formula is C28H37NO6S. The molecule has 4 rings (SSSR count). The van der Waals surface area contributed by atoms with E-state index in [-0.39, 0.29) is 29.5 Å². The molecule has 0 saturated carbocycles. The van der Waals surface area contributed by atoms with Crippen LogP contribution in [0.3, 0.4) is 0 Å². The van der Waals surface area contributed by atoms with Crippen LogP contribution in [0, 0.1) is 0 Å². The van der Waals surface area contributed by atoms with Gasteiger partial charge >= 0.3 is 5.97 Å². The average molecular weight is 516 g/mol. The Bertz CT molecular complexity index is 977. The summed E-state index contributed by atoms with van der Waals surface area (Å²) in [6, 6.07) is 7.42. The Morgan fingerprint density at radius 1 is 1.11 bits per heavy atom. The molecule has 1 aromatic rings. The van der Waals surface area contributed by atoms with E-state index in [0.717, 1.165) is 49.0 Å². The molecule has 4 atom stereocenters. The zero-order valence-electron chi connectivity index (χ0n) is 21.4. The number of hydrogen-bond donors (Lipinski definition) is 0. The number of benzene rings is 1. The van der Waals surface area contributed by atoms with Crippen molar-refractivity contribution in [3.63, 3.8) is 0 Å². The van der Waals surface area contributed by atoms with Gasteiger partial charge in [-0.2, -0.15) is 0 Å². The van der Waals surface area contributed by atoms with Crippen LogP contribution in [0.5, 0.6) is 5.75 Å². The van der Waals surface area contributed by atoms with Gasteiger partial charge in [-0.05, 0) is 56.7 Å². The van der Waals surface area contributed by atoms with Crippen LogP contribution >= 0.6 is 11.8 Å². The van der Waals surface area contributed by atoms with Gasteiger partial charge in [0.1, 0.15) is 11.9 Å². The molecule has 8 heteroatoms. The highest BCUT2D eigenvalue weighted by Crippen LogP contribution is 2.43. The lowest BCUT2D eigenvalue weighted by Crippen LogP contribution is -2.60. The molecule has 2 bridgehead atoms. The van der Waals surface area contributed by atoms with Crippen molar-refractivity contribution in [2.75, 3.05) is 20.0 Å². The van der Waals surface area contributed by atoms with Gasteiger partial charge in [0.05, 0.1) is 19.3 Å². The lowest BCUT2D eigenvalue weighted by Gasteiger charge is -2.48. The summed E-state index contributed by atoms with van der Waals surface area (Å²) in [7, 11) is 3.26. The Balaban J connectivity index is 1.58. The predicted molar refractivity (Wildman–Crippen MR) is 140 cm³/mol. The minimum absolute atomic E-state index is 0.00246. The van der Waals surface area contributed by atoms with Crippen molar-refractivity contribution in [2.45, 2.75) is 82.5 Å². The number of carbonyl (C=O) groups is 2. The van der Waals surface area contributed by atoms with E-state index in [1.807, 2.05) is 36.1 Å². The molecule has 0 N–H and O–H groups in total. The topological polar surface area (TPSA) is 74.3 Å². The van der Waals surface area contributed by atoms with Gasteiger partial charge in [0, 0.05) is 38.3 Å². The third kappa shape index (κ3) is 6.52. The normalized spacial score (nSPS) is 32.2. The van der Waals surface area contributed by atoms with Crippen LogP contribution < -0.4 is 4.74 Å². The molecule has 0 spiro atoms. The summed E-state index contributed by atoms with van der Waals surface area (Å²) in [5.74, 6) is -0.0489. The highest BCUT2D eigenvalue weighted by atomic mass is 32.2. The van der Waals surface area contributed by atoms with Crippen molar-refractivity contribution in [1.82, 2.24) is 4.90 Å². The average Bonchev–Trinajstić information content (AvgIpc) is 3.23. The summed E-state index contributed by atoms with van der Waals surface area (Å²) in [6.45, 7) is 2.41. The van der Waals surface area contributed by atoms with Crippen molar-refractivity contribution in [1.29, 1.82) is 0 Å². The number of amides is 1. The second-order valence-electron chi connectivity index (χ2n) is 9.75. The Morgan fingerprint density at radius 2 is 1.89 bits per heavy atom. The van der Waals surface area contributed by atoms with Gasteiger partial charge in [0.15, 0.2) is 5.79 Å². The summed E-state index contributed by atoms with van der Waals surface area (Å²) in [5, 5.41) is -0.00246. The summed E-state index contributed by atoms with van der Waals surface area (Å²) < 4.78 is 24.0. The highest BCUT2D eigenvalue weighted by Gasteiger charge is 2.54. The number of ether oxygens (including phenoxy) is 4. The number of esters is 1. The van der Waals surface area contributed by atoms with Gasteiger partial charge in [-0.25, -0.2) is 4.79 Å². The molecule has 2 fully saturated rings. The summed E-state index contributed by atoms with van der Waals surface area (Å²) in [4.78, 5) is 27.5. The molecule has 3 heterocycles. The summed E-state index contributed by atoms with van der Waals surface area (Å²) >= 11 is 1.28. The SMILES string of the molecule is COc1ccc(CN2C(=O)SC[C@H]2[C@@]2(OC)C[C@@H]3C[C@@H](CCC/C=C\CC/C(C)=C\C(=O)O3)O2)cc1. The van der Waals surface area contributed by atoms with E-state index in [1.165, 1.54) is 11.8 Å². The van der Waals surface area contributed by atoms with Crippen molar-refractivity contribution >= 4 is 23.0 Å². The van der Waals surface area contributed by atoms with Crippen LogP contribution in [-0.4, -0.2) is 60.1 Å². The fourth-order valence-corrected chi connectivity index (χ4v) is 6.31. The molecule has 0 radical (unpaired) electrons. The Hall–Kier alpha value is -2.29. The molecule has 7 nitrogen and oxygen atoms in total. The van der Waals surface area contributed by atoms with Gasteiger partial charge in [0.2, 0.25) is 0 Å². The first-order chi connectivity index (χ1) is 17.4. The number of thioether (sulfide) groups is 1. The molecular weight excluding hydrogens is 478 g/mol. The second-order valence-corrected chi connectivity index (χ2v) is 10.7. The van der Waals surface area contributed by atoms with Crippen molar-refractivity contribution in [2.24, 2.45) is 0 Å². The molecule has 1 aromatic carbocycles. The maximum Gasteiger partial charge on any atom is 0.330 e. The van der Waals surface area contributed by atoms with Gasteiger partial charge in [-0.1, -0.05) is 41.6 Å². The first kappa shape index (κ1) is 26.8. The number of hydrogen-bond acceptors (Lipinski definition) is 7. The third-order valence-corrected chi connectivity index (χ3v) is 8.12. The van der Waals surface area contributed by atoms with E-state index < -0.39 is 5.79 Å². The lowest BCUT2D eigenvalue weighted by molar-refractivity contribution is -0.305. The quantitative estimate of drug-likeness (QED) is 0.371. The molecule has 2 saturated heterocycles. The van der Waals surface area contributed by atoms with E-state index in [2.05, 4.69) is 12.2 Å². The number of rotatable bonds is 5. The highest BCUT2D eigenvalue weighted by molar-refractivity contribution is 8.13. The molecule has 3 aliphatic rings. The van der Waals surface area contributed by atoms with Crippen LogP contribution in [0.2, 0.25) is 0 Å². The maximum atomic E-state index is 13.0. The Labute approximate surface area is 218 Å². The van der Waals surface area contributed by atoms with Gasteiger partial charge < -0.3 is 23.8 Å². The molecule has 196 valence electrons. The summed E-state index contributed by atoms with van der Waals surface area (Å²) in [5.41, 5.74) is 2.01. The number of methoxy groups -OCH3 is 2. The Kier molecular flexibility index (Phi) is 9.14. The fraction of sp³-hybridized carbons (Fsp3) is 0.571. The van der Waals surface area contributed by atoms with E-state index in [1.54, 1.807) is 20.3 Å². The fourth-order valence-electron chi connectivity index (χ4n) is 5.22. The Morgan fingerprint density at radius 3 is 2.64 bits per heavy atom. The first-order valence-corrected chi connectivity index (χ1v) is 13.7. The molecule has 0 unspecified atom stereocenters. The van der Waals surface area contributed by atoms with Crippen molar-refractivity contribution < 1.29 is 28.5 Å². The van der Waals surface area contributed by atoms with Gasteiger partial charge in [-0.3, -0.25) is 4.79 Å². The minimum Gasteiger partial charge on any atom is -0.497 e. The van der Waals surface area contributed by atoms with E-state index in [9.17, 15) is 9.59 Å². The van der Waals surface area contributed by atoms with Crippen LogP contribution in [0.25, 0.3) is 0 Å². The van der Waals surface area contributed by atoms with Crippen LogP contribution in [-0.2, 0) is 25.5 Å². The standard InChI is InChI=1S/C28H37NO6S/c1-20-9-7-5-4-6-8-10-23-16-24(34-26(30)15-20)17-28(33-3,35-23)25-19-36-27(31)29(25)18-21-11-13-22(32-2)14-12-21/h4-5,11-15,23-25H,6-10,16-19H2,1-3H3/b5-4-,20-15-/t23-,24+,25+,28-/m1/s1. The van der Waals surface area contributed by atoms with Crippen LogP contribution in [0.4, 0.5) is 4.79 Å². The summed E-state index contributed by atoms with van der Waals surface area (Å²) in [6.07, 6.45) is 11.1. The predicted octanol–water partition coefficient (Wildman–Crippen LogP) is 5.63. The molecule has 36 heavy (non-hydrogen) atoms. The largest absolute Gasteiger partial charge is 0.497 e. The smallest absolute Gasteiger partial charge is 0.330 e. The van der Waals surface area contributed by atoms with Gasteiger partial charge in [0.25, 0.3) is 5.24 Å². The molecule has 1 amide bonds. The van der Waals surface area contributed by atoms with E-state index in [0.29, 0.717) is 25.1 Å². The van der Waals surface area contributed by atoms with Crippen LogP contribution in [0.15, 0.2) is 48.1 Å². The number of allylic oxidation sites excluding steroid dienone is 3. The van der Waals surface area contributed by atoms with Crippen molar-refractivity contribution in [3.05, 3.63) is 53.6 Å². The first-order valence-electron chi connectivity index (χ1n) is 12.7. The lowest BCUT2D eigenvalue weighted by atomic mass is 9.90. The van der Waals surface area contributed by atoms with Crippen molar-refractivity contribution in [3.8, 4) is 5.75 Å². The zero-order valence-corrected chi connectivity index (χ0v) is 22.3. The number of nitrogens with zero attached hydrogens (tertiary/aromatic N) is 1. The van der Waals surface area contributed by atoms with Crippen LogP contribution in [0.1, 0.15) is 57.4 Å². The third-order valence-electron chi connectivity index (χ3n) is 7.16. The monoisotopic (exact) mass is 515 g/mol. The number of fused-ring (bicyclic) bond motifs is 2. The second kappa shape index (κ2) is 12.3. The van der Waals surface area contributed by atoms with E-state index >= 15 is 0 Å². The molecule has 3 aliphatic heterocycles. The molecule has 0 aliphatic carbocycles. The minimum atomic E-state index is -1.05. The van der Waals surface area contributed by atoms with E-state index in [4.69, 9.17) is 18.9 Å². The van der Waals surface area contributed by atoms with Gasteiger partial charge in [-0.15, -0.1) is 0 Å². The maximum absolute atomic E-state index is 13.0.